The van der Waals surface area contributed by atoms with Crippen LogP contribution in [0, 0.1) is 0 Å². The van der Waals surface area contributed by atoms with Gasteiger partial charge in [0.2, 0.25) is 0 Å². The molecule has 5 heteroatoms. The van der Waals surface area contributed by atoms with E-state index in [9.17, 15) is 0 Å². The van der Waals surface area contributed by atoms with Crippen LogP contribution in [0.15, 0.2) is 194 Å². The maximum atomic E-state index is 9.02. The molecule has 270 valence electrons. The van der Waals surface area contributed by atoms with E-state index in [1.807, 2.05) is 42.5 Å². The zero-order chi connectivity index (χ0) is 42.5. The van der Waals surface area contributed by atoms with Crippen molar-refractivity contribution >= 4 is 74.9 Å². The second-order valence-electron chi connectivity index (χ2n) is 14.4. The van der Waals surface area contributed by atoms with Crippen molar-refractivity contribution in [1.82, 2.24) is 19.5 Å². The van der Waals surface area contributed by atoms with Gasteiger partial charge < -0.3 is 4.57 Å². The highest BCUT2D eigenvalue weighted by Crippen LogP contribution is 2.44. The number of para-hydroxylation sites is 2. The van der Waals surface area contributed by atoms with E-state index in [1.165, 1.54) is 0 Å². The Balaban J connectivity index is 1.19. The van der Waals surface area contributed by atoms with Crippen LogP contribution in [-0.2, 0) is 0 Å². The van der Waals surface area contributed by atoms with Gasteiger partial charge in [-0.2, -0.15) is 0 Å². The van der Waals surface area contributed by atoms with Crippen LogP contribution in [0.25, 0.3) is 115 Å². The summed E-state index contributed by atoms with van der Waals surface area (Å²) in [6.07, 6.45) is 0. The van der Waals surface area contributed by atoms with Crippen molar-refractivity contribution in [3.8, 4) is 51.0 Å². The molecular formula is C53H32N4S. The number of benzene rings is 9. The van der Waals surface area contributed by atoms with Crippen LogP contribution in [0.5, 0.6) is 0 Å². The first-order valence-electron chi connectivity index (χ1n) is 21.6. The largest absolute Gasteiger partial charge is 0.309 e. The van der Waals surface area contributed by atoms with Crippen LogP contribution in [-0.4, -0.2) is 19.5 Å². The third kappa shape index (κ3) is 5.25. The molecule has 0 atom stereocenters. The number of fused-ring (bicyclic) bond motifs is 9. The molecule has 0 spiro atoms. The minimum Gasteiger partial charge on any atom is -0.309 e. The monoisotopic (exact) mass is 761 g/mol. The zero-order valence-electron chi connectivity index (χ0n) is 35.8. The normalized spacial score (nSPS) is 13.0. The number of hydrogen-bond donors (Lipinski definition) is 0. The van der Waals surface area contributed by atoms with Gasteiger partial charge in [0.25, 0.3) is 0 Å². The Morgan fingerprint density at radius 1 is 0.414 bits per heavy atom. The highest BCUT2D eigenvalue weighted by atomic mass is 32.1. The molecule has 9 aromatic carbocycles. The molecule has 0 aliphatic carbocycles. The predicted molar refractivity (Wildman–Crippen MR) is 244 cm³/mol. The SMILES string of the molecule is [2H]c1c([2H])c([2H])c(-c2nc(-c3ccc4ccc5ccccc5c4c3)nc(-c3cc(-n4c5ccccc5c5ccccc54)cc4c3sc3cc(-c5ccccc5)ccc34)n2)c([2H])c1[2H]. The van der Waals surface area contributed by atoms with Crippen molar-refractivity contribution in [1.29, 1.82) is 0 Å². The van der Waals surface area contributed by atoms with Gasteiger partial charge in [-0.3, -0.25) is 0 Å². The average Bonchev–Trinajstić information content (AvgIpc) is 3.88. The van der Waals surface area contributed by atoms with E-state index in [-0.39, 0.29) is 23.5 Å². The second kappa shape index (κ2) is 13.1. The first kappa shape index (κ1) is 28.0. The minimum absolute atomic E-state index is 0.00657. The summed E-state index contributed by atoms with van der Waals surface area (Å²) in [5.41, 5.74) is 6.58. The summed E-state index contributed by atoms with van der Waals surface area (Å²) in [5.74, 6) is 0.634. The highest BCUT2D eigenvalue weighted by Gasteiger charge is 2.21. The van der Waals surface area contributed by atoms with E-state index >= 15 is 0 Å². The summed E-state index contributed by atoms with van der Waals surface area (Å²) in [6, 6.07) is 54.4. The molecule has 0 amide bonds. The first-order chi connectivity index (χ1) is 30.8. The van der Waals surface area contributed by atoms with Gasteiger partial charge in [-0.25, -0.2) is 15.0 Å². The second-order valence-corrected chi connectivity index (χ2v) is 15.5. The minimum atomic E-state index is -0.481. The summed E-state index contributed by atoms with van der Waals surface area (Å²) in [5, 5.41) is 8.62. The summed E-state index contributed by atoms with van der Waals surface area (Å²) >= 11 is 1.66. The Bertz CT molecular complexity index is 3800. The van der Waals surface area contributed by atoms with E-state index in [0.29, 0.717) is 17.2 Å². The van der Waals surface area contributed by atoms with Gasteiger partial charge in [0, 0.05) is 53.3 Å². The summed E-state index contributed by atoms with van der Waals surface area (Å²) in [4.78, 5) is 15.3. The van der Waals surface area contributed by atoms with Gasteiger partial charge >= 0.3 is 0 Å². The lowest BCUT2D eigenvalue weighted by Gasteiger charge is -2.13. The molecule has 12 rings (SSSR count). The quantitative estimate of drug-likeness (QED) is 0.164. The van der Waals surface area contributed by atoms with Crippen molar-refractivity contribution in [2.75, 3.05) is 0 Å². The lowest BCUT2D eigenvalue weighted by Crippen LogP contribution is -2.01. The summed E-state index contributed by atoms with van der Waals surface area (Å²) < 4.78 is 47.9. The van der Waals surface area contributed by atoms with Crippen LogP contribution in [0.1, 0.15) is 6.85 Å². The van der Waals surface area contributed by atoms with Gasteiger partial charge in [0.1, 0.15) is 0 Å². The summed E-state index contributed by atoms with van der Waals surface area (Å²) in [7, 11) is 0. The smallest absolute Gasteiger partial charge is 0.165 e. The molecule has 0 radical (unpaired) electrons. The molecule has 0 unspecified atom stereocenters. The van der Waals surface area contributed by atoms with Crippen LogP contribution < -0.4 is 0 Å². The molecule has 58 heavy (non-hydrogen) atoms. The molecule has 0 aliphatic rings. The molecule has 3 heterocycles. The van der Waals surface area contributed by atoms with Crippen molar-refractivity contribution < 1.29 is 6.85 Å². The molecular weight excluding hydrogens is 725 g/mol. The Hall–Kier alpha value is -7.47. The third-order valence-corrected chi connectivity index (χ3v) is 12.3. The van der Waals surface area contributed by atoms with E-state index < -0.39 is 18.1 Å². The van der Waals surface area contributed by atoms with Crippen LogP contribution in [0.3, 0.4) is 0 Å². The van der Waals surface area contributed by atoms with Crippen molar-refractivity contribution in [2.24, 2.45) is 0 Å². The Kier molecular flexibility index (Phi) is 6.30. The van der Waals surface area contributed by atoms with Crippen molar-refractivity contribution in [2.45, 2.75) is 0 Å². The van der Waals surface area contributed by atoms with Crippen LogP contribution in [0.2, 0.25) is 0 Å². The Morgan fingerprint density at radius 3 is 1.81 bits per heavy atom. The number of nitrogens with zero attached hydrogens (tertiary/aromatic N) is 4. The molecule has 4 nitrogen and oxygen atoms in total. The molecule has 0 N–H and O–H groups in total. The number of hydrogen-bond acceptors (Lipinski definition) is 4. The average molecular weight is 762 g/mol. The molecule has 0 aliphatic heterocycles. The first-order valence-corrected chi connectivity index (χ1v) is 19.9. The predicted octanol–water partition coefficient (Wildman–Crippen LogP) is 14.3. The van der Waals surface area contributed by atoms with Gasteiger partial charge in [0.15, 0.2) is 17.5 Å². The van der Waals surface area contributed by atoms with Crippen molar-refractivity contribution in [3.63, 3.8) is 0 Å². The number of thiophene rings is 1. The maximum absolute atomic E-state index is 9.02. The van der Waals surface area contributed by atoms with E-state index in [2.05, 4.69) is 126 Å². The van der Waals surface area contributed by atoms with E-state index in [0.717, 1.165) is 85.9 Å². The standard InChI is InChI=1S/C53H32N4S/c1-3-13-33(14-4-1)37-27-28-43-45-31-39(57-47-21-11-9-19-41(47)42-20-10-12-22-48(42)57)32-46(50(45)58-49(43)30-37)53-55-51(36-16-5-2-6-17-36)54-52(56-53)38-26-25-35-24-23-34-15-7-8-18-40(34)44(35)29-38/h1-32H/i2D,5D,6D,16D,17D. The molecule has 0 bridgehead atoms. The topological polar surface area (TPSA) is 43.6 Å². The molecule has 0 saturated heterocycles. The lowest BCUT2D eigenvalue weighted by atomic mass is 10.00. The Labute approximate surface area is 345 Å². The highest BCUT2D eigenvalue weighted by molar-refractivity contribution is 7.26. The van der Waals surface area contributed by atoms with Gasteiger partial charge in [-0.15, -0.1) is 11.3 Å². The van der Waals surface area contributed by atoms with Crippen molar-refractivity contribution in [3.05, 3.63) is 194 Å². The summed E-state index contributed by atoms with van der Waals surface area (Å²) in [6.45, 7) is 0. The van der Waals surface area contributed by atoms with Gasteiger partial charge in [-0.05, 0) is 69.1 Å². The Morgan fingerprint density at radius 2 is 1.03 bits per heavy atom. The number of aromatic nitrogens is 4. The zero-order valence-corrected chi connectivity index (χ0v) is 31.6. The van der Waals surface area contributed by atoms with E-state index in [4.69, 9.17) is 21.8 Å². The molecule has 3 aromatic heterocycles. The lowest BCUT2D eigenvalue weighted by molar-refractivity contribution is 1.08. The number of rotatable bonds is 5. The fourth-order valence-electron chi connectivity index (χ4n) is 8.41. The van der Waals surface area contributed by atoms with Crippen LogP contribution >= 0.6 is 11.3 Å². The molecule has 0 fully saturated rings. The fourth-order valence-corrected chi connectivity index (χ4v) is 9.64. The maximum Gasteiger partial charge on any atom is 0.165 e. The molecule has 0 saturated carbocycles. The van der Waals surface area contributed by atoms with E-state index in [1.54, 1.807) is 11.3 Å². The fraction of sp³-hybridized carbons (Fsp3) is 0. The van der Waals surface area contributed by atoms with Gasteiger partial charge in [0.05, 0.1) is 17.9 Å². The van der Waals surface area contributed by atoms with Crippen LogP contribution in [0.4, 0.5) is 0 Å². The van der Waals surface area contributed by atoms with Gasteiger partial charge in [-0.1, -0.05) is 158 Å². The molecule has 12 aromatic rings. The third-order valence-electron chi connectivity index (χ3n) is 11.1.